The lowest BCUT2D eigenvalue weighted by atomic mass is 9.88. The van der Waals surface area contributed by atoms with E-state index in [1.54, 1.807) is 24.4 Å². The molecule has 1 fully saturated rings. The first-order valence-electron chi connectivity index (χ1n) is 11.4. The molecular weight excluding hydrogens is 500 g/mol. The van der Waals surface area contributed by atoms with Gasteiger partial charge in [0.1, 0.15) is 5.82 Å². The average Bonchev–Trinajstić information content (AvgIpc) is 2.83. The second-order valence-corrected chi connectivity index (χ2v) is 9.06. The summed E-state index contributed by atoms with van der Waals surface area (Å²) in [4.78, 5) is 29.4. The fraction of sp³-hybridized carbons (Fsp3) is 0.360. The molecule has 0 saturated heterocycles. The van der Waals surface area contributed by atoms with Crippen LogP contribution in [0.25, 0.3) is 10.9 Å². The van der Waals surface area contributed by atoms with E-state index in [1.165, 1.54) is 11.1 Å². The van der Waals surface area contributed by atoms with Crippen LogP contribution in [0.5, 0.6) is 11.5 Å². The van der Waals surface area contributed by atoms with E-state index in [9.17, 15) is 9.59 Å². The summed E-state index contributed by atoms with van der Waals surface area (Å²) < 4.78 is 13.2. The number of fused-ring (bicyclic) bond motifs is 1. The van der Waals surface area contributed by atoms with Crippen LogP contribution in [-0.4, -0.2) is 35.0 Å². The van der Waals surface area contributed by atoms with Crippen LogP contribution in [-0.2, 0) is 4.79 Å². The Morgan fingerprint density at radius 1 is 1.24 bits per heavy atom. The maximum atomic E-state index is 13.4. The number of carbonyl (C=O) groups is 1. The number of halogens is 1. The molecule has 1 aliphatic rings. The molecule has 0 atom stereocenters. The predicted octanol–water partition coefficient (Wildman–Crippen LogP) is 4.35. The van der Waals surface area contributed by atoms with Crippen LogP contribution in [0.2, 0.25) is 0 Å². The van der Waals surface area contributed by atoms with E-state index in [-0.39, 0.29) is 18.1 Å². The van der Waals surface area contributed by atoms with Crippen LogP contribution in [0.3, 0.4) is 0 Å². The number of benzene rings is 2. The number of rotatable bonds is 8. The van der Waals surface area contributed by atoms with Crippen molar-refractivity contribution in [2.24, 2.45) is 10.8 Å². The standard InChI is InChI=1S/C25H27BrN4O4/c1-2-33-21-13-16(12-19(26)23(21)34-15-22(27)31)14-28-30-24(17-8-4-3-5-9-17)29-20-11-7-6-10-18(20)25(30)32/h6-7,10-14,17H,2-5,8-9,15H2,1H3,(H2,27,31). The summed E-state index contributed by atoms with van der Waals surface area (Å²) in [5.74, 6) is 1.13. The molecule has 1 saturated carbocycles. The van der Waals surface area contributed by atoms with E-state index in [4.69, 9.17) is 20.2 Å². The summed E-state index contributed by atoms with van der Waals surface area (Å²) >= 11 is 3.47. The van der Waals surface area contributed by atoms with Crippen molar-refractivity contribution in [2.45, 2.75) is 44.9 Å². The van der Waals surface area contributed by atoms with Gasteiger partial charge in [0.15, 0.2) is 18.1 Å². The third-order valence-electron chi connectivity index (χ3n) is 5.76. The molecule has 0 unspecified atom stereocenters. The number of nitrogens with zero attached hydrogens (tertiary/aromatic N) is 3. The lowest BCUT2D eigenvalue weighted by Gasteiger charge is -2.22. The van der Waals surface area contributed by atoms with Crippen LogP contribution in [0.4, 0.5) is 0 Å². The normalized spacial score (nSPS) is 14.5. The molecule has 3 aromatic rings. The summed E-state index contributed by atoms with van der Waals surface area (Å²) in [6.45, 7) is 1.98. The number of amides is 1. The van der Waals surface area contributed by atoms with Gasteiger partial charge in [-0.2, -0.15) is 9.78 Å². The molecule has 1 aromatic heterocycles. The highest BCUT2D eigenvalue weighted by Crippen LogP contribution is 2.37. The molecule has 9 heteroatoms. The van der Waals surface area contributed by atoms with Gasteiger partial charge in [0.05, 0.1) is 28.2 Å². The third-order valence-corrected chi connectivity index (χ3v) is 6.35. The minimum absolute atomic E-state index is 0.187. The van der Waals surface area contributed by atoms with Gasteiger partial charge in [-0.05, 0) is 65.5 Å². The minimum atomic E-state index is -0.585. The van der Waals surface area contributed by atoms with Crippen molar-refractivity contribution in [3.05, 3.63) is 62.6 Å². The van der Waals surface area contributed by atoms with Crippen LogP contribution < -0.4 is 20.8 Å². The van der Waals surface area contributed by atoms with Crippen LogP contribution >= 0.6 is 15.9 Å². The first-order chi connectivity index (χ1) is 16.5. The zero-order valence-corrected chi connectivity index (χ0v) is 20.6. The van der Waals surface area contributed by atoms with E-state index in [2.05, 4.69) is 21.0 Å². The number of ether oxygens (including phenoxy) is 2. The molecule has 2 aromatic carbocycles. The van der Waals surface area contributed by atoms with Gasteiger partial charge in [0, 0.05) is 5.92 Å². The van der Waals surface area contributed by atoms with E-state index in [0.717, 1.165) is 25.7 Å². The predicted molar refractivity (Wildman–Crippen MR) is 135 cm³/mol. The third kappa shape index (κ3) is 5.30. The molecule has 0 radical (unpaired) electrons. The number of aromatic nitrogens is 2. The highest BCUT2D eigenvalue weighted by Gasteiger charge is 2.22. The maximum absolute atomic E-state index is 13.4. The Hall–Kier alpha value is -3.20. The monoisotopic (exact) mass is 526 g/mol. The van der Waals surface area contributed by atoms with Crippen molar-refractivity contribution >= 4 is 39.0 Å². The molecule has 178 valence electrons. The summed E-state index contributed by atoms with van der Waals surface area (Å²) in [6.07, 6.45) is 7.03. The van der Waals surface area contributed by atoms with Crippen molar-refractivity contribution in [3.8, 4) is 11.5 Å². The Morgan fingerprint density at radius 2 is 2.00 bits per heavy atom. The van der Waals surface area contributed by atoms with Crippen molar-refractivity contribution in [2.75, 3.05) is 13.2 Å². The van der Waals surface area contributed by atoms with E-state index >= 15 is 0 Å². The summed E-state index contributed by atoms with van der Waals surface area (Å²) in [6, 6.07) is 10.9. The SMILES string of the molecule is CCOc1cc(C=Nn2c(C3CCCCC3)nc3ccccc3c2=O)cc(Br)c1OCC(N)=O. The van der Waals surface area contributed by atoms with Gasteiger partial charge in [0.25, 0.3) is 11.5 Å². The number of primary amides is 1. The van der Waals surface area contributed by atoms with E-state index < -0.39 is 5.91 Å². The lowest BCUT2D eigenvalue weighted by molar-refractivity contribution is -0.119. The zero-order valence-electron chi connectivity index (χ0n) is 19.0. The fourth-order valence-electron chi connectivity index (χ4n) is 4.21. The molecule has 2 N–H and O–H groups in total. The lowest BCUT2D eigenvalue weighted by Crippen LogP contribution is -2.25. The Balaban J connectivity index is 1.76. The smallest absolute Gasteiger partial charge is 0.282 e. The van der Waals surface area contributed by atoms with Gasteiger partial charge in [-0.1, -0.05) is 31.4 Å². The average molecular weight is 527 g/mol. The molecule has 0 aliphatic heterocycles. The molecule has 4 rings (SSSR count). The summed E-state index contributed by atoms with van der Waals surface area (Å²) in [5.41, 5.74) is 6.40. The molecule has 1 amide bonds. The van der Waals surface area contributed by atoms with Gasteiger partial charge < -0.3 is 15.2 Å². The number of hydrogen-bond acceptors (Lipinski definition) is 6. The second kappa shape index (κ2) is 10.8. The highest BCUT2D eigenvalue weighted by atomic mass is 79.9. The Bertz CT molecular complexity index is 1280. The van der Waals surface area contributed by atoms with E-state index in [0.29, 0.717) is 44.9 Å². The first-order valence-corrected chi connectivity index (χ1v) is 12.2. The molecule has 0 spiro atoms. The summed E-state index contributed by atoms with van der Waals surface area (Å²) in [7, 11) is 0. The Labute approximate surface area is 205 Å². The minimum Gasteiger partial charge on any atom is -0.490 e. The number of hydrogen-bond donors (Lipinski definition) is 1. The fourth-order valence-corrected chi connectivity index (χ4v) is 4.78. The number of carbonyl (C=O) groups excluding carboxylic acids is 1. The quantitative estimate of drug-likeness (QED) is 0.438. The first kappa shape index (κ1) is 23.9. The van der Waals surface area contributed by atoms with Gasteiger partial charge in [-0.3, -0.25) is 9.59 Å². The Morgan fingerprint density at radius 3 is 2.74 bits per heavy atom. The zero-order chi connectivity index (χ0) is 24.1. The largest absolute Gasteiger partial charge is 0.490 e. The molecule has 1 aliphatic carbocycles. The van der Waals surface area contributed by atoms with Crippen molar-refractivity contribution < 1.29 is 14.3 Å². The summed E-state index contributed by atoms with van der Waals surface area (Å²) in [5, 5.41) is 5.11. The molecule has 34 heavy (non-hydrogen) atoms. The van der Waals surface area contributed by atoms with Crippen molar-refractivity contribution in [3.63, 3.8) is 0 Å². The van der Waals surface area contributed by atoms with Crippen LogP contribution in [0, 0.1) is 0 Å². The molecule has 8 nitrogen and oxygen atoms in total. The second-order valence-electron chi connectivity index (χ2n) is 8.20. The van der Waals surface area contributed by atoms with Crippen LogP contribution in [0.15, 0.2) is 50.8 Å². The van der Waals surface area contributed by atoms with Gasteiger partial charge in [-0.15, -0.1) is 0 Å². The molecule has 1 heterocycles. The van der Waals surface area contributed by atoms with Gasteiger partial charge in [0.2, 0.25) is 0 Å². The number of nitrogens with two attached hydrogens (primary N) is 1. The van der Waals surface area contributed by atoms with Crippen molar-refractivity contribution in [1.82, 2.24) is 9.66 Å². The number of para-hydroxylation sites is 1. The maximum Gasteiger partial charge on any atom is 0.282 e. The van der Waals surface area contributed by atoms with Gasteiger partial charge >= 0.3 is 0 Å². The Kier molecular flexibility index (Phi) is 7.62. The highest BCUT2D eigenvalue weighted by molar-refractivity contribution is 9.10. The van der Waals surface area contributed by atoms with Crippen LogP contribution in [0.1, 0.15) is 56.3 Å². The molecular formula is C25H27BrN4O4. The topological polar surface area (TPSA) is 109 Å². The van der Waals surface area contributed by atoms with Crippen molar-refractivity contribution in [1.29, 1.82) is 0 Å². The van der Waals surface area contributed by atoms with E-state index in [1.807, 2.05) is 25.1 Å². The molecule has 0 bridgehead atoms. The van der Waals surface area contributed by atoms with Gasteiger partial charge in [-0.25, -0.2) is 4.98 Å².